The van der Waals surface area contributed by atoms with Crippen molar-refractivity contribution in [2.24, 2.45) is 58.0 Å². The van der Waals surface area contributed by atoms with Crippen LogP contribution in [0.4, 0.5) is 4.79 Å². The fraction of sp³-hybridized carbons (Fsp3) is 0.872. The van der Waals surface area contributed by atoms with E-state index in [1.165, 1.54) is 19.3 Å². The number of amidine groups is 1. The summed E-state index contributed by atoms with van der Waals surface area (Å²) in [6, 6.07) is -0.797. The molecule has 4 aliphatic rings. The molecule has 0 bridgehead atoms. The number of hydrogen-bond donors (Lipinski definition) is 3. The van der Waals surface area contributed by atoms with Crippen molar-refractivity contribution in [3.63, 3.8) is 0 Å². The molecule has 4 saturated carbocycles. The van der Waals surface area contributed by atoms with Gasteiger partial charge in [-0.25, -0.2) is 4.79 Å². The van der Waals surface area contributed by atoms with E-state index < -0.39 is 23.7 Å². The van der Waals surface area contributed by atoms with Gasteiger partial charge in [0, 0.05) is 18.8 Å². The van der Waals surface area contributed by atoms with E-state index in [0.717, 1.165) is 38.5 Å². The Labute approximate surface area is 289 Å². The van der Waals surface area contributed by atoms with Crippen molar-refractivity contribution in [2.75, 3.05) is 0 Å². The second kappa shape index (κ2) is 15.2. The first-order chi connectivity index (χ1) is 22.4. The van der Waals surface area contributed by atoms with E-state index in [9.17, 15) is 19.2 Å². The van der Waals surface area contributed by atoms with Crippen LogP contribution in [-0.2, 0) is 23.9 Å². The number of ether oxygens (including phenoxy) is 2. The van der Waals surface area contributed by atoms with Gasteiger partial charge < -0.3 is 20.5 Å². The minimum Gasteiger partial charge on any atom is -0.462 e. The second-order valence-corrected chi connectivity index (χ2v) is 17.8. The summed E-state index contributed by atoms with van der Waals surface area (Å²) in [5.74, 6) is 1.97. The van der Waals surface area contributed by atoms with Crippen LogP contribution in [-0.4, -0.2) is 47.2 Å². The molecular formula is C39H65N3O6. The predicted octanol–water partition coefficient (Wildman–Crippen LogP) is 7.77. The van der Waals surface area contributed by atoms with Crippen LogP contribution in [0.25, 0.3) is 0 Å². The lowest BCUT2D eigenvalue weighted by atomic mass is 9.44. The summed E-state index contributed by atoms with van der Waals surface area (Å²) in [7, 11) is 0. The average molecular weight is 672 g/mol. The number of alkyl carbamates (subject to hydrolysis) is 1. The maximum Gasteiger partial charge on any atom is 0.408 e. The number of amides is 1. The van der Waals surface area contributed by atoms with Gasteiger partial charge in [-0.15, -0.1) is 0 Å². The summed E-state index contributed by atoms with van der Waals surface area (Å²) < 4.78 is 11.7. The zero-order valence-corrected chi connectivity index (χ0v) is 31.1. The van der Waals surface area contributed by atoms with Gasteiger partial charge in [-0.2, -0.15) is 0 Å². The van der Waals surface area contributed by atoms with Crippen molar-refractivity contribution < 1.29 is 28.7 Å². The van der Waals surface area contributed by atoms with E-state index in [4.69, 9.17) is 20.6 Å². The molecule has 48 heavy (non-hydrogen) atoms. The van der Waals surface area contributed by atoms with E-state index in [1.54, 1.807) is 27.7 Å². The molecule has 10 atom stereocenters. The van der Waals surface area contributed by atoms with Crippen LogP contribution < -0.4 is 11.1 Å². The van der Waals surface area contributed by atoms with Gasteiger partial charge in [-0.3, -0.25) is 19.8 Å². The standard InChI is InChI=1S/C39H65N3O6/c1-23(2)28(22-33(44)32(11-9-10-12-34(40)41)42-36(46)48-37(4,5)6)35(45)47-26-17-19-38(7)25(21-26)13-14-27-30-16-15-29(24(3)43)39(30,8)20-18-31(27)38/h23,25-32H,9-22H2,1-8H3,(H3,40,41)(H,42,46)/t25-,26+,27-,28-,29+,30-,31-,32-,38-,39+/m0/s1. The van der Waals surface area contributed by atoms with E-state index >= 15 is 0 Å². The number of ketones is 2. The minimum atomic E-state index is -0.797. The monoisotopic (exact) mass is 671 g/mol. The maximum atomic E-state index is 13.7. The molecule has 0 spiro atoms. The van der Waals surface area contributed by atoms with Crippen molar-refractivity contribution in [2.45, 2.75) is 163 Å². The third-order valence-electron chi connectivity index (χ3n) is 13.2. The van der Waals surface area contributed by atoms with E-state index in [1.807, 2.05) is 13.8 Å². The first-order valence-electron chi connectivity index (χ1n) is 18.9. The molecule has 0 radical (unpaired) electrons. The number of hydrogen-bond acceptors (Lipinski definition) is 7. The maximum absolute atomic E-state index is 13.7. The third-order valence-corrected chi connectivity index (χ3v) is 13.2. The molecular weight excluding hydrogens is 606 g/mol. The van der Waals surface area contributed by atoms with Crippen molar-refractivity contribution in [3.8, 4) is 0 Å². The molecule has 9 nitrogen and oxygen atoms in total. The van der Waals surface area contributed by atoms with Crippen LogP contribution in [0.3, 0.4) is 0 Å². The molecule has 4 fully saturated rings. The molecule has 0 unspecified atom stereocenters. The number of nitrogens with two attached hydrogens (primary N) is 1. The van der Waals surface area contributed by atoms with Crippen molar-refractivity contribution in [1.29, 1.82) is 5.41 Å². The molecule has 0 aromatic rings. The van der Waals surface area contributed by atoms with Crippen molar-refractivity contribution in [3.05, 3.63) is 0 Å². The Morgan fingerprint density at radius 2 is 1.60 bits per heavy atom. The minimum absolute atomic E-state index is 0.0112. The highest BCUT2D eigenvalue weighted by Crippen LogP contribution is 2.67. The Balaban J connectivity index is 1.37. The average Bonchev–Trinajstić information content (AvgIpc) is 3.33. The van der Waals surface area contributed by atoms with Gasteiger partial charge in [0.15, 0.2) is 5.78 Å². The first kappa shape index (κ1) is 38.4. The number of rotatable bonds is 13. The van der Waals surface area contributed by atoms with Gasteiger partial charge in [0.2, 0.25) is 0 Å². The van der Waals surface area contributed by atoms with Gasteiger partial charge in [-0.05, 0) is 139 Å². The molecule has 0 aromatic carbocycles. The smallest absolute Gasteiger partial charge is 0.408 e. The predicted molar refractivity (Wildman–Crippen MR) is 187 cm³/mol. The summed E-state index contributed by atoms with van der Waals surface area (Å²) >= 11 is 0. The molecule has 9 heteroatoms. The molecule has 272 valence electrons. The van der Waals surface area contributed by atoms with E-state index in [2.05, 4.69) is 19.2 Å². The normalized spacial score (nSPS) is 34.2. The largest absolute Gasteiger partial charge is 0.462 e. The van der Waals surface area contributed by atoms with Crippen molar-refractivity contribution >= 4 is 29.5 Å². The Bertz CT molecular complexity index is 1210. The number of carbonyl (C=O) groups is 4. The summed E-state index contributed by atoms with van der Waals surface area (Å²) in [5, 5.41) is 10.2. The van der Waals surface area contributed by atoms with Crippen LogP contribution in [0.1, 0.15) is 145 Å². The zero-order valence-electron chi connectivity index (χ0n) is 31.1. The summed E-state index contributed by atoms with van der Waals surface area (Å²) in [4.78, 5) is 52.5. The SMILES string of the molecule is CC(=O)[C@H]1CC[C@H]2[C@@H]3CC[C@H]4C[C@H](OC(=O)[C@@H](CC(=O)[C@H](CCCCC(=N)N)NC(=O)OC(C)(C)C)C(C)C)CC[C@]4(C)[C@H]3CC[C@]12C. The Hall–Kier alpha value is -2.45. The summed E-state index contributed by atoms with van der Waals surface area (Å²) in [6.07, 6.45) is 10.9. The van der Waals surface area contributed by atoms with Gasteiger partial charge in [0.05, 0.1) is 17.8 Å². The molecule has 1 amide bonds. The van der Waals surface area contributed by atoms with Crippen LogP contribution in [0.2, 0.25) is 0 Å². The molecule has 4 N–H and O–H groups in total. The highest BCUT2D eigenvalue weighted by Gasteiger charge is 2.61. The Morgan fingerprint density at radius 1 is 0.938 bits per heavy atom. The quantitative estimate of drug-likeness (QED) is 0.0784. The number of fused-ring (bicyclic) bond motifs is 5. The number of carbonyl (C=O) groups excluding carboxylic acids is 4. The third kappa shape index (κ3) is 8.64. The number of nitrogens with one attached hydrogen (secondary N) is 2. The molecule has 0 heterocycles. The van der Waals surface area contributed by atoms with Crippen LogP contribution in [0.5, 0.6) is 0 Å². The first-order valence-corrected chi connectivity index (χ1v) is 18.9. The highest BCUT2D eigenvalue weighted by atomic mass is 16.6. The summed E-state index contributed by atoms with van der Waals surface area (Å²) in [6.45, 7) is 15.9. The molecule has 4 aliphatic carbocycles. The number of Topliss-reactive ketones (excluding diaryl/α,β-unsaturated/α-hetero) is 2. The number of unbranched alkanes of at least 4 members (excludes halogenated alkanes) is 1. The zero-order chi connectivity index (χ0) is 35.6. The summed E-state index contributed by atoms with van der Waals surface area (Å²) in [5.41, 5.74) is 5.18. The second-order valence-electron chi connectivity index (χ2n) is 17.8. The van der Waals surface area contributed by atoms with Gasteiger partial charge in [0.25, 0.3) is 0 Å². The molecule has 0 aromatic heterocycles. The van der Waals surface area contributed by atoms with E-state index in [-0.39, 0.29) is 52.8 Å². The molecule has 0 saturated heterocycles. The Morgan fingerprint density at radius 3 is 2.23 bits per heavy atom. The van der Waals surface area contributed by atoms with Gasteiger partial charge in [0.1, 0.15) is 17.5 Å². The lowest BCUT2D eigenvalue weighted by Crippen LogP contribution is -2.54. The molecule has 0 aliphatic heterocycles. The highest BCUT2D eigenvalue weighted by molar-refractivity contribution is 5.90. The van der Waals surface area contributed by atoms with Gasteiger partial charge in [-0.1, -0.05) is 34.1 Å². The van der Waals surface area contributed by atoms with Crippen LogP contribution in [0.15, 0.2) is 0 Å². The fourth-order valence-corrected chi connectivity index (χ4v) is 10.6. The van der Waals surface area contributed by atoms with E-state index in [0.29, 0.717) is 55.1 Å². The van der Waals surface area contributed by atoms with Crippen LogP contribution in [0, 0.1) is 57.7 Å². The van der Waals surface area contributed by atoms with Crippen molar-refractivity contribution in [1.82, 2.24) is 5.32 Å². The topological polar surface area (TPSA) is 149 Å². The number of esters is 1. The fourth-order valence-electron chi connectivity index (χ4n) is 10.6. The Kier molecular flexibility index (Phi) is 12.1. The molecule has 4 rings (SSSR count). The lowest BCUT2D eigenvalue weighted by molar-refractivity contribution is -0.169. The lowest BCUT2D eigenvalue weighted by Gasteiger charge is -2.61. The van der Waals surface area contributed by atoms with Gasteiger partial charge >= 0.3 is 12.1 Å². The van der Waals surface area contributed by atoms with Crippen LogP contribution >= 0.6 is 0 Å².